The maximum atomic E-state index is 2.40. The zero-order valence-electron chi connectivity index (χ0n) is 75.7. The number of aryl methyl sites for hydroxylation is 15. The molecule has 0 unspecified atom stereocenters. The molecule has 5 aliphatic carbocycles. The minimum atomic E-state index is 0.0676. The van der Waals surface area contributed by atoms with Crippen molar-refractivity contribution in [2.24, 2.45) is 35.2 Å². The quantitative estimate of drug-likeness (QED) is 0.153. The third kappa shape index (κ3) is 13.9. The lowest BCUT2D eigenvalue weighted by atomic mass is 9.80. The third-order valence-electron chi connectivity index (χ3n) is 27.7. The topological polar surface area (TPSA) is 19.4 Å². The Balaban J connectivity index is 0.000000112. The number of hydrogen-bond acceptors (Lipinski definition) is 0. The number of fused-ring (bicyclic) bond motifs is 15. The van der Waals surface area contributed by atoms with Gasteiger partial charge < -0.3 is 0 Å². The molecule has 5 aromatic heterocycles. The second-order valence-corrected chi connectivity index (χ2v) is 37.8. The van der Waals surface area contributed by atoms with Crippen LogP contribution in [0, 0.1) is 69.2 Å². The summed E-state index contributed by atoms with van der Waals surface area (Å²) in [5, 5.41) is 0. The Morgan fingerprint density at radius 1 is 0.175 bits per heavy atom. The molecule has 600 valence electrons. The van der Waals surface area contributed by atoms with Crippen LogP contribution in [-0.2, 0) is 62.3 Å². The first kappa shape index (κ1) is 81.7. The van der Waals surface area contributed by atoms with Crippen molar-refractivity contribution in [3.63, 3.8) is 0 Å². The second-order valence-electron chi connectivity index (χ2n) is 37.8. The molecule has 0 atom stereocenters. The van der Waals surface area contributed by atoms with Gasteiger partial charge in [0.15, 0.2) is 31.0 Å². The number of rotatable bonds is 5. The molecule has 0 amide bonds. The number of pyridine rings is 5. The molecule has 15 aromatic rings. The highest BCUT2D eigenvalue weighted by atomic mass is 14.9. The number of hydrogen-bond donors (Lipinski definition) is 0. The zero-order chi connectivity index (χ0) is 85.3. The highest BCUT2D eigenvalue weighted by molar-refractivity contribution is 5.91. The average Bonchev–Trinajstić information content (AvgIpc) is 1.60. The van der Waals surface area contributed by atoms with Gasteiger partial charge in [-0.3, -0.25) is 0 Å². The van der Waals surface area contributed by atoms with Gasteiger partial charge in [0.1, 0.15) is 35.2 Å². The summed E-state index contributed by atoms with van der Waals surface area (Å²) >= 11 is 0. The van der Waals surface area contributed by atoms with E-state index >= 15 is 0 Å². The van der Waals surface area contributed by atoms with Crippen molar-refractivity contribution in [2.45, 2.75) is 166 Å². The fraction of sp³-hybridized carbons (Fsp3) is 0.261. The molecule has 0 N–H and O–H groups in total. The molecule has 5 heterocycles. The van der Waals surface area contributed by atoms with Gasteiger partial charge in [-0.05, 0) is 280 Å². The van der Waals surface area contributed by atoms with Crippen LogP contribution < -0.4 is 22.8 Å². The Labute approximate surface area is 715 Å². The molecule has 5 heteroatoms. The molecular weight excluding hydrogens is 1450 g/mol. The monoisotopic (exact) mass is 1570 g/mol. The van der Waals surface area contributed by atoms with Gasteiger partial charge in [0.05, 0.1) is 0 Å². The summed E-state index contributed by atoms with van der Waals surface area (Å²) in [6.45, 7) is 45.6. The molecule has 20 rings (SSSR count). The lowest BCUT2D eigenvalue weighted by Gasteiger charge is -2.23. The average molecular weight is 1570 g/mol. The Morgan fingerprint density at radius 3 is 0.825 bits per heavy atom. The number of nitrogens with zero attached hydrogens (tertiary/aromatic N) is 5. The van der Waals surface area contributed by atoms with E-state index in [4.69, 9.17) is 0 Å². The molecule has 5 nitrogen and oxygen atoms in total. The van der Waals surface area contributed by atoms with Crippen molar-refractivity contribution in [2.75, 3.05) is 0 Å². The van der Waals surface area contributed by atoms with Crippen LogP contribution in [0.1, 0.15) is 181 Å². The van der Waals surface area contributed by atoms with Gasteiger partial charge in [0, 0.05) is 116 Å². The van der Waals surface area contributed by atoms with E-state index in [1.807, 2.05) is 0 Å². The minimum Gasteiger partial charge on any atom is -0.201 e. The van der Waals surface area contributed by atoms with E-state index in [-0.39, 0.29) is 27.1 Å². The highest BCUT2D eigenvalue weighted by Crippen LogP contribution is 2.57. The molecule has 0 bridgehead atoms. The Hall–Kier alpha value is -12.1. The molecule has 0 radical (unpaired) electrons. The van der Waals surface area contributed by atoms with E-state index in [2.05, 4.69) is 470 Å². The predicted molar refractivity (Wildman–Crippen MR) is 500 cm³/mol. The van der Waals surface area contributed by atoms with Crippen LogP contribution in [0.15, 0.2) is 274 Å². The van der Waals surface area contributed by atoms with Crippen LogP contribution in [0.5, 0.6) is 0 Å². The first-order valence-corrected chi connectivity index (χ1v) is 43.1. The highest BCUT2D eigenvalue weighted by Gasteiger charge is 2.43. The first-order valence-electron chi connectivity index (χ1n) is 43.1. The standard InChI is InChI=1S/5C23H24N/c1-15-9-8-10-19-22(15)18-14-17(21-11-6-7-12-24(21)5)16(2)13-20(18)23(19,3)4;1-15-9-8-10-17-19-14-18(21-11-6-7-12-24(21)5)16(2)13-20(19)23(3,4)22(15)17;2*1-15-9-10-20-18(12-15)19-14-17(22-8-6-7-11-24(22)5)16(2)13-21(19)23(20,3)4;1-15-9-10-17-19-14-18(22-8-6-7-11-24(22)5)16(2)13-21(19)23(3,4)20(17)12-15/h5*6-14H,1-5H3/q5*+1. The van der Waals surface area contributed by atoms with Crippen molar-refractivity contribution in [3.8, 4) is 112 Å². The Bertz CT molecular complexity index is 6440. The van der Waals surface area contributed by atoms with Crippen molar-refractivity contribution in [1.29, 1.82) is 0 Å². The molecule has 120 heavy (non-hydrogen) atoms. The molecular formula is C115H120N5+5. The molecule has 0 saturated heterocycles. The minimum absolute atomic E-state index is 0.0676. The molecule has 0 fully saturated rings. The molecule has 5 aliphatic rings. The summed E-state index contributed by atoms with van der Waals surface area (Å²) in [6, 6.07) is 90.0. The van der Waals surface area contributed by atoms with Crippen molar-refractivity contribution >= 4 is 0 Å². The van der Waals surface area contributed by atoms with E-state index in [1.54, 1.807) is 0 Å². The zero-order valence-corrected chi connectivity index (χ0v) is 75.7. The van der Waals surface area contributed by atoms with Crippen LogP contribution in [0.2, 0.25) is 0 Å². The summed E-state index contributed by atoms with van der Waals surface area (Å²) in [5.74, 6) is 0. The van der Waals surface area contributed by atoms with Crippen LogP contribution in [0.25, 0.3) is 112 Å². The fourth-order valence-corrected chi connectivity index (χ4v) is 20.9. The van der Waals surface area contributed by atoms with Crippen molar-refractivity contribution in [1.82, 2.24) is 0 Å². The van der Waals surface area contributed by atoms with Crippen LogP contribution >= 0.6 is 0 Å². The molecule has 0 aliphatic heterocycles. The predicted octanol–water partition coefficient (Wildman–Crippen LogP) is 25.5. The molecule has 0 saturated carbocycles. The van der Waals surface area contributed by atoms with Gasteiger partial charge in [-0.15, -0.1) is 0 Å². The summed E-state index contributed by atoms with van der Waals surface area (Å²) in [5.41, 5.74) is 55.2. The van der Waals surface area contributed by atoms with E-state index in [0.29, 0.717) is 0 Å². The molecule has 10 aromatic carbocycles. The van der Waals surface area contributed by atoms with Crippen molar-refractivity contribution < 1.29 is 22.8 Å². The number of aromatic nitrogens is 5. The van der Waals surface area contributed by atoms with Gasteiger partial charge in [0.25, 0.3) is 0 Å². The first-order chi connectivity index (χ1) is 57.0. The largest absolute Gasteiger partial charge is 0.212 e. The van der Waals surface area contributed by atoms with Gasteiger partial charge in [-0.1, -0.05) is 207 Å². The maximum absolute atomic E-state index is 2.40. The van der Waals surface area contributed by atoms with Gasteiger partial charge in [-0.2, -0.15) is 0 Å². The van der Waals surface area contributed by atoms with Crippen LogP contribution in [-0.4, -0.2) is 0 Å². The van der Waals surface area contributed by atoms with E-state index in [0.717, 1.165) is 0 Å². The second kappa shape index (κ2) is 30.6. The summed E-state index contributed by atoms with van der Waals surface area (Å²) < 4.78 is 11.0. The van der Waals surface area contributed by atoms with Gasteiger partial charge in [0.2, 0.25) is 28.5 Å². The summed E-state index contributed by atoms with van der Waals surface area (Å²) in [7, 11) is 10.6. The van der Waals surface area contributed by atoms with Gasteiger partial charge in [-0.25, -0.2) is 22.8 Å². The lowest BCUT2D eigenvalue weighted by Crippen LogP contribution is -2.30. The van der Waals surface area contributed by atoms with Crippen LogP contribution in [0.3, 0.4) is 0 Å². The van der Waals surface area contributed by atoms with E-state index < -0.39 is 0 Å². The lowest BCUT2D eigenvalue weighted by molar-refractivity contribution is -0.660. The van der Waals surface area contributed by atoms with E-state index in [1.165, 1.54) is 223 Å². The Morgan fingerprint density at radius 2 is 0.450 bits per heavy atom. The molecule has 0 spiro atoms. The Kier molecular flexibility index (Phi) is 20.9. The van der Waals surface area contributed by atoms with Gasteiger partial charge >= 0.3 is 0 Å². The summed E-state index contributed by atoms with van der Waals surface area (Å²) in [6.07, 6.45) is 10.6. The normalized spacial score (nSPS) is 14.4. The smallest absolute Gasteiger partial charge is 0.201 e. The third-order valence-corrected chi connectivity index (χ3v) is 27.7. The number of benzene rings is 10. The van der Waals surface area contributed by atoms with Crippen molar-refractivity contribution in [3.05, 3.63) is 385 Å². The maximum Gasteiger partial charge on any atom is 0.212 e. The fourth-order valence-electron chi connectivity index (χ4n) is 20.9. The summed E-state index contributed by atoms with van der Waals surface area (Å²) in [4.78, 5) is 0. The SMILES string of the molecule is Cc1cc2c(cc1-c1cccc[n+]1C)-c1c(C)cccc1C2(C)C.Cc1cc2c(cc1-c1cccc[n+]1C)-c1cccc(C)c1C2(C)C.Cc1ccc2c(c1)-c1cc(-c3cccc[n+]3C)c(C)cc1C2(C)C.Cc1ccc2c(c1)-c1cc(-c3cccc[n+]3C)c(C)cc1C2(C)C.Cc1ccc2c(c1)C(C)(C)c1cc(C)c(-c3cccc[n+]3C)cc1-2. The van der Waals surface area contributed by atoms with Crippen LogP contribution in [0.4, 0.5) is 0 Å². The van der Waals surface area contributed by atoms with E-state index in [9.17, 15) is 0 Å².